The number of rotatable bonds is 13. The van der Waals surface area contributed by atoms with Gasteiger partial charge < -0.3 is 49.9 Å². The number of amides is 2. The molecule has 0 bridgehead atoms. The second kappa shape index (κ2) is 14.4. The van der Waals surface area contributed by atoms with Crippen molar-refractivity contribution >= 4 is 45.8 Å². The van der Waals surface area contributed by atoms with E-state index < -0.39 is 23.8 Å². The number of carbonyl (C=O) groups excluding carboxylic acids is 4. The molecule has 2 aromatic heterocycles. The molecule has 16 nitrogen and oxygen atoms in total. The summed E-state index contributed by atoms with van der Waals surface area (Å²) in [6.45, 7) is 0.150. The molecule has 266 valence electrons. The third kappa shape index (κ3) is 6.47. The molecule has 0 saturated carbocycles. The molecule has 0 radical (unpaired) electrons. The number of carbonyl (C=O) groups is 4. The number of ether oxygens (including phenoxy) is 6. The molecule has 6 rings (SSSR count). The van der Waals surface area contributed by atoms with Crippen LogP contribution in [0.4, 0.5) is 0 Å². The number of nitrogens with one attached hydrogen (secondary N) is 2. The van der Waals surface area contributed by atoms with Gasteiger partial charge in [0, 0.05) is 11.1 Å². The maximum atomic E-state index is 12.8. The van der Waals surface area contributed by atoms with Gasteiger partial charge in [-0.2, -0.15) is 0 Å². The summed E-state index contributed by atoms with van der Waals surface area (Å²) < 4.78 is 32.7. The number of H-pyrrole nitrogens is 2. The Morgan fingerprint density at radius 2 is 1.04 bits per heavy atom. The Labute approximate surface area is 294 Å². The minimum absolute atomic E-state index is 0.0729. The van der Waals surface area contributed by atoms with Gasteiger partial charge >= 0.3 is 11.9 Å². The van der Waals surface area contributed by atoms with E-state index in [1.807, 2.05) is 0 Å². The number of imidazole rings is 2. The van der Waals surface area contributed by atoms with E-state index in [0.717, 1.165) is 0 Å². The number of methoxy groups -OCH3 is 4. The highest BCUT2D eigenvalue weighted by atomic mass is 16.5. The molecule has 0 atom stereocenters. The first-order valence-electron chi connectivity index (χ1n) is 15.5. The van der Waals surface area contributed by atoms with Gasteiger partial charge in [-0.15, -0.1) is 0 Å². The fourth-order valence-electron chi connectivity index (χ4n) is 5.67. The van der Waals surface area contributed by atoms with E-state index in [0.29, 0.717) is 56.3 Å². The second-order valence-corrected chi connectivity index (χ2v) is 11.1. The zero-order valence-corrected chi connectivity index (χ0v) is 28.3. The molecule has 4 aromatic carbocycles. The van der Waals surface area contributed by atoms with E-state index in [9.17, 15) is 19.2 Å². The van der Waals surface area contributed by atoms with Crippen molar-refractivity contribution < 1.29 is 47.6 Å². The number of fused-ring (bicyclic) bond motifs is 2. The quantitative estimate of drug-likeness (QED) is 0.0984. The summed E-state index contributed by atoms with van der Waals surface area (Å²) in [6, 6.07) is 15.9. The van der Waals surface area contributed by atoms with Crippen molar-refractivity contribution in [1.29, 1.82) is 0 Å². The summed E-state index contributed by atoms with van der Waals surface area (Å²) in [5.41, 5.74) is 14.3. The van der Waals surface area contributed by atoms with Crippen LogP contribution >= 0.6 is 0 Å². The number of primary amides is 2. The third-order valence-corrected chi connectivity index (χ3v) is 8.08. The molecule has 0 unspecified atom stereocenters. The van der Waals surface area contributed by atoms with Gasteiger partial charge in [-0.25, -0.2) is 19.6 Å². The van der Waals surface area contributed by atoms with Gasteiger partial charge in [0.1, 0.15) is 47.4 Å². The molecule has 0 spiro atoms. The highest BCUT2D eigenvalue weighted by Crippen LogP contribution is 2.35. The Morgan fingerprint density at radius 1 is 0.577 bits per heavy atom. The summed E-state index contributed by atoms with van der Waals surface area (Å²) in [5, 5.41) is 0. The van der Waals surface area contributed by atoms with Gasteiger partial charge in [0.25, 0.3) is 11.8 Å². The molecular weight excluding hydrogens is 676 g/mol. The number of nitrogens with zero attached hydrogens (tertiary/aromatic N) is 2. The largest absolute Gasteiger partial charge is 0.494 e. The Bertz CT molecular complexity index is 2380. The minimum atomic E-state index is -0.678. The van der Waals surface area contributed by atoms with E-state index in [1.165, 1.54) is 46.6 Å². The zero-order chi connectivity index (χ0) is 37.1. The monoisotopic (exact) mass is 708 g/mol. The number of aromatic amines is 2. The number of nitrogens with two attached hydrogens (primary N) is 2. The van der Waals surface area contributed by atoms with E-state index in [-0.39, 0.29) is 47.0 Å². The van der Waals surface area contributed by atoms with Crippen LogP contribution in [-0.4, -0.2) is 85.3 Å². The zero-order valence-electron chi connectivity index (χ0n) is 28.3. The summed E-state index contributed by atoms with van der Waals surface area (Å²) in [7, 11) is 5.33. The minimum Gasteiger partial charge on any atom is -0.494 e. The highest BCUT2D eigenvalue weighted by Gasteiger charge is 2.23. The lowest BCUT2D eigenvalue weighted by molar-refractivity contribution is 0.0592. The van der Waals surface area contributed by atoms with Crippen LogP contribution in [-0.2, 0) is 9.47 Å². The van der Waals surface area contributed by atoms with Crippen molar-refractivity contribution in [2.24, 2.45) is 11.5 Å². The number of aromatic nitrogens is 4. The maximum absolute atomic E-state index is 12.8. The van der Waals surface area contributed by atoms with Crippen LogP contribution in [0.15, 0.2) is 60.7 Å². The lowest BCUT2D eigenvalue weighted by Crippen LogP contribution is -2.12. The van der Waals surface area contributed by atoms with E-state index in [4.69, 9.17) is 39.9 Å². The SMILES string of the molecule is COC(=O)c1cc(OCCOc2ccc(C(=O)OC)c(-c3nc4c(OC)c(C(N)=O)ccc4[nH]3)c2)ccc1-c1nc2c(OC)c(C(N)=O)ccc2[nH]1. The fourth-order valence-corrected chi connectivity index (χ4v) is 5.67. The Morgan fingerprint density at radius 3 is 1.54 bits per heavy atom. The van der Waals surface area contributed by atoms with Crippen molar-refractivity contribution in [1.82, 2.24) is 19.9 Å². The predicted octanol–water partition coefficient (Wildman–Crippen LogP) is 4.02. The predicted molar refractivity (Wildman–Crippen MR) is 187 cm³/mol. The topological polar surface area (TPSA) is 233 Å². The molecule has 2 heterocycles. The summed E-state index contributed by atoms with van der Waals surface area (Å²) in [4.78, 5) is 64.8. The van der Waals surface area contributed by atoms with E-state index >= 15 is 0 Å². The first-order valence-corrected chi connectivity index (χ1v) is 15.5. The highest BCUT2D eigenvalue weighted by molar-refractivity contribution is 6.04. The Balaban J connectivity index is 1.22. The van der Waals surface area contributed by atoms with Crippen molar-refractivity contribution in [2.75, 3.05) is 41.7 Å². The number of hydrogen-bond acceptors (Lipinski definition) is 12. The van der Waals surface area contributed by atoms with E-state index in [2.05, 4.69) is 19.9 Å². The fraction of sp³-hybridized carbons (Fsp3) is 0.167. The van der Waals surface area contributed by atoms with Crippen LogP contribution in [0.2, 0.25) is 0 Å². The van der Waals surface area contributed by atoms with Crippen molar-refractivity contribution in [3.63, 3.8) is 0 Å². The molecule has 0 fully saturated rings. The molecule has 0 saturated heterocycles. The van der Waals surface area contributed by atoms with Crippen molar-refractivity contribution in [2.45, 2.75) is 0 Å². The maximum Gasteiger partial charge on any atom is 0.338 e. The van der Waals surface area contributed by atoms with Gasteiger partial charge in [-0.1, -0.05) is 0 Å². The number of hydrogen-bond donors (Lipinski definition) is 4. The molecule has 16 heteroatoms. The molecule has 2 amide bonds. The van der Waals surface area contributed by atoms with Crippen molar-refractivity contribution in [3.05, 3.63) is 82.9 Å². The second-order valence-electron chi connectivity index (χ2n) is 11.1. The molecular formula is C36H32N6O10. The molecule has 0 aliphatic rings. The first-order chi connectivity index (χ1) is 25.1. The molecule has 6 aromatic rings. The Hall–Kier alpha value is -7.10. The van der Waals surface area contributed by atoms with Crippen molar-refractivity contribution in [3.8, 4) is 45.8 Å². The van der Waals surface area contributed by atoms with Crippen LogP contribution < -0.4 is 30.4 Å². The molecule has 0 aliphatic carbocycles. The number of esters is 2. The van der Waals surface area contributed by atoms with Gasteiger partial charge in [-0.3, -0.25) is 9.59 Å². The summed E-state index contributed by atoms with van der Waals surface area (Å²) in [5.74, 6) is -0.818. The lowest BCUT2D eigenvalue weighted by atomic mass is 10.1. The van der Waals surface area contributed by atoms with E-state index in [1.54, 1.807) is 42.5 Å². The van der Waals surface area contributed by atoms with Crippen LogP contribution in [0, 0.1) is 0 Å². The van der Waals surface area contributed by atoms with Gasteiger partial charge in [-0.05, 0) is 60.7 Å². The Kier molecular flexibility index (Phi) is 9.62. The summed E-state index contributed by atoms with van der Waals surface area (Å²) >= 11 is 0. The summed E-state index contributed by atoms with van der Waals surface area (Å²) in [6.07, 6.45) is 0. The average Bonchev–Trinajstić information content (AvgIpc) is 3.79. The standard InChI is InChI=1S/C36H32N6O10/c1-47-29-21(31(37)43)9-11-25-27(29)41-33(39-25)19-7-5-18(16-24(19)36(46)50-4)52-14-13-51-17-6-8-20(35(45)49-3)23(15-17)34-40-26-12-10-22(32(38)44)30(48-2)28(26)42-34/h5-12,15-16H,13-14H2,1-4H3,(H2,37,43)(H2,38,44)(H,39,41)(H,40,42). The van der Waals surface area contributed by atoms with Crippen LogP contribution in [0.1, 0.15) is 41.4 Å². The van der Waals surface area contributed by atoms with Crippen LogP contribution in [0.25, 0.3) is 44.8 Å². The molecule has 6 N–H and O–H groups in total. The third-order valence-electron chi connectivity index (χ3n) is 8.08. The lowest BCUT2D eigenvalue weighted by Gasteiger charge is -2.12. The molecule has 0 aliphatic heterocycles. The first kappa shape index (κ1) is 34.8. The van der Waals surface area contributed by atoms with Gasteiger partial charge in [0.05, 0.1) is 61.7 Å². The van der Waals surface area contributed by atoms with Crippen LogP contribution in [0.5, 0.6) is 23.0 Å². The molecule has 52 heavy (non-hydrogen) atoms. The average molecular weight is 709 g/mol. The van der Waals surface area contributed by atoms with Crippen LogP contribution in [0.3, 0.4) is 0 Å². The normalized spacial score (nSPS) is 10.9. The van der Waals surface area contributed by atoms with Gasteiger partial charge in [0.2, 0.25) is 0 Å². The smallest absolute Gasteiger partial charge is 0.338 e. The van der Waals surface area contributed by atoms with Gasteiger partial charge in [0.15, 0.2) is 11.5 Å². The number of benzene rings is 4.